The maximum absolute atomic E-state index is 14.0. The fourth-order valence-corrected chi connectivity index (χ4v) is 6.98. The maximum Gasteiger partial charge on any atom is 0.365 e. The van der Waals surface area contributed by atoms with Gasteiger partial charge in [0.25, 0.3) is 5.91 Å². The SMILES string of the molecule is COC(=O)C1=NN(c2ccccc2)[C@@]2(S1)S/C(=C/c1ccc3c(c1)OCO3)C(=O)N2c1ccccc1. The molecule has 36 heavy (non-hydrogen) atoms. The molecule has 10 heteroatoms. The zero-order valence-electron chi connectivity index (χ0n) is 19.0. The molecule has 0 aliphatic carbocycles. The van der Waals surface area contributed by atoms with Crippen molar-refractivity contribution in [2.75, 3.05) is 23.8 Å². The van der Waals surface area contributed by atoms with E-state index < -0.39 is 10.3 Å². The van der Waals surface area contributed by atoms with Crippen LogP contribution in [0.2, 0.25) is 0 Å². The molecule has 3 heterocycles. The number of carbonyl (C=O) groups is 2. The van der Waals surface area contributed by atoms with E-state index in [4.69, 9.17) is 14.2 Å². The van der Waals surface area contributed by atoms with Crippen LogP contribution < -0.4 is 19.4 Å². The number of hydrazone groups is 1. The van der Waals surface area contributed by atoms with E-state index in [-0.39, 0.29) is 17.7 Å². The van der Waals surface area contributed by atoms with Gasteiger partial charge in [-0.2, -0.15) is 5.10 Å². The normalized spacial score (nSPS) is 21.4. The van der Waals surface area contributed by atoms with Crippen molar-refractivity contribution in [2.24, 2.45) is 5.10 Å². The van der Waals surface area contributed by atoms with Crippen molar-refractivity contribution in [2.45, 2.75) is 4.33 Å². The van der Waals surface area contributed by atoms with E-state index in [9.17, 15) is 9.59 Å². The number of fused-ring (bicyclic) bond motifs is 1. The van der Waals surface area contributed by atoms with Gasteiger partial charge in [0.1, 0.15) is 0 Å². The summed E-state index contributed by atoms with van der Waals surface area (Å²) in [7, 11) is 1.32. The summed E-state index contributed by atoms with van der Waals surface area (Å²) < 4.78 is 14.8. The average molecular weight is 518 g/mol. The Morgan fingerprint density at radius 3 is 2.39 bits per heavy atom. The number of amides is 1. The number of benzene rings is 3. The molecule has 0 saturated carbocycles. The molecule has 3 aromatic rings. The quantitative estimate of drug-likeness (QED) is 0.358. The van der Waals surface area contributed by atoms with Gasteiger partial charge in [-0.15, -0.1) is 0 Å². The van der Waals surface area contributed by atoms with E-state index in [0.717, 1.165) is 11.3 Å². The summed E-state index contributed by atoms with van der Waals surface area (Å²) in [5.41, 5.74) is 2.21. The molecule has 1 amide bonds. The number of anilines is 2. The first-order valence-corrected chi connectivity index (χ1v) is 12.6. The molecule has 0 N–H and O–H groups in total. The van der Waals surface area contributed by atoms with E-state index in [1.807, 2.05) is 84.9 Å². The van der Waals surface area contributed by atoms with E-state index in [2.05, 4.69) is 5.10 Å². The Bertz CT molecular complexity index is 1410. The van der Waals surface area contributed by atoms with Gasteiger partial charge >= 0.3 is 5.97 Å². The van der Waals surface area contributed by atoms with Crippen LogP contribution in [0.3, 0.4) is 0 Å². The Morgan fingerprint density at radius 2 is 1.67 bits per heavy atom. The van der Waals surface area contributed by atoms with Crippen LogP contribution >= 0.6 is 23.5 Å². The molecule has 3 aliphatic rings. The molecule has 1 atom stereocenters. The highest BCUT2D eigenvalue weighted by Crippen LogP contribution is 2.59. The van der Waals surface area contributed by atoms with Crippen molar-refractivity contribution in [3.63, 3.8) is 0 Å². The predicted octanol–water partition coefficient (Wildman–Crippen LogP) is 4.89. The van der Waals surface area contributed by atoms with Crippen LogP contribution in [0.25, 0.3) is 6.08 Å². The molecular formula is C26H19N3O5S2. The summed E-state index contributed by atoms with van der Waals surface area (Å²) in [6.07, 6.45) is 1.82. The van der Waals surface area contributed by atoms with Crippen molar-refractivity contribution in [3.8, 4) is 11.5 Å². The van der Waals surface area contributed by atoms with Crippen LogP contribution in [-0.4, -0.2) is 35.1 Å². The number of esters is 1. The van der Waals surface area contributed by atoms with Crippen LogP contribution in [0.1, 0.15) is 5.56 Å². The minimum Gasteiger partial charge on any atom is -0.464 e. The molecule has 0 aromatic heterocycles. The summed E-state index contributed by atoms with van der Waals surface area (Å²) in [5.74, 6) is 0.528. The minimum atomic E-state index is -1.12. The molecule has 0 unspecified atom stereocenters. The van der Waals surface area contributed by atoms with Gasteiger partial charge in [-0.05, 0) is 59.8 Å². The van der Waals surface area contributed by atoms with Crippen molar-refractivity contribution < 1.29 is 23.8 Å². The maximum atomic E-state index is 14.0. The van der Waals surface area contributed by atoms with Gasteiger partial charge in [-0.3, -0.25) is 9.69 Å². The number of ether oxygens (including phenoxy) is 3. The monoisotopic (exact) mass is 517 g/mol. The van der Waals surface area contributed by atoms with Gasteiger partial charge in [0.2, 0.25) is 16.2 Å². The second kappa shape index (κ2) is 8.96. The van der Waals surface area contributed by atoms with Crippen molar-refractivity contribution in [3.05, 3.63) is 89.3 Å². The predicted molar refractivity (Wildman–Crippen MR) is 141 cm³/mol. The summed E-state index contributed by atoms with van der Waals surface area (Å²) in [4.78, 5) is 28.8. The molecule has 1 spiro atoms. The zero-order chi connectivity index (χ0) is 24.7. The van der Waals surface area contributed by atoms with Gasteiger partial charge < -0.3 is 14.2 Å². The minimum absolute atomic E-state index is 0.159. The third kappa shape index (κ3) is 3.69. The molecule has 1 saturated heterocycles. The number of methoxy groups -OCH3 is 1. The molecule has 1 fully saturated rings. The van der Waals surface area contributed by atoms with Gasteiger partial charge in [-0.25, -0.2) is 9.80 Å². The number of hydrogen-bond donors (Lipinski definition) is 0. The van der Waals surface area contributed by atoms with Gasteiger partial charge in [0, 0.05) is 5.69 Å². The molecule has 6 rings (SSSR count). The van der Waals surface area contributed by atoms with E-state index >= 15 is 0 Å². The van der Waals surface area contributed by atoms with E-state index in [0.29, 0.717) is 22.1 Å². The largest absolute Gasteiger partial charge is 0.464 e. The second-order valence-corrected chi connectivity index (χ2v) is 10.5. The highest BCUT2D eigenvalue weighted by atomic mass is 32.2. The summed E-state index contributed by atoms with van der Waals surface area (Å²) in [6, 6.07) is 24.3. The topological polar surface area (TPSA) is 80.7 Å². The van der Waals surface area contributed by atoms with Crippen LogP contribution in [-0.2, 0) is 14.3 Å². The first-order chi connectivity index (χ1) is 17.6. The summed E-state index contributed by atoms with van der Waals surface area (Å²) >= 11 is 2.51. The number of carbonyl (C=O) groups excluding carboxylic acids is 2. The standard InChI is InChI=1S/C26H19N3O5S2/c1-32-25(31)23-27-29(19-10-6-3-7-11-19)26(36-23)28(18-8-4-2-5-9-18)24(30)22(35-26)15-17-12-13-20-21(14-17)34-16-33-20/h2-15H,16H2,1H3/b22-15+/t26-/m1/s1. The van der Waals surface area contributed by atoms with Crippen LogP contribution in [0.4, 0.5) is 11.4 Å². The molecule has 3 aromatic carbocycles. The van der Waals surface area contributed by atoms with Crippen LogP contribution in [0.15, 0.2) is 88.9 Å². The number of para-hydroxylation sites is 2. The van der Waals surface area contributed by atoms with Gasteiger partial charge in [0.05, 0.1) is 17.7 Å². The number of rotatable bonds is 4. The van der Waals surface area contributed by atoms with E-state index in [1.54, 1.807) is 9.91 Å². The van der Waals surface area contributed by atoms with Gasteiger partial charge in [-0.1, -0.05) is 54.2 Å². The summed E-state index contributed by atoms with van der Waals surface area (Å²) in [5, 5.41) is 6.49. The molecule has 0 radical (unpaired) electrons. The van der Waals surface area contributed by atoms with Gasteiger partial charge in [0.15, 0.2) is 11.5 Å². The van der Waals surface area contributed by atoms with Crippen molar-refractivity contribution >= 4 is 57.9 Å². The molecule has 0 bridgehead atoms. The fraction of sp³-hybridized carbons (Fsp3) is 0.115. The molecule has 8 nitrogen and oxygen atoms in total. The first kappa shape index (κ1) is 22.6. The smallest absolute Gasteiger partial charge is 0.365 e. The lowest BCUT2D eigenvalue weighted by Crippen LogP contribution is -2.51. The highest BCUT2D eigenvalue weighted by molar-refractivity contribution is 8.29. The van der Waals surface area contributed by atoms with Crippen molar-refractivity contribution in [1.82, 2.24) is 0 Å². The lowest BCUT2D eigenvalue weighted by atomic mass is 10.2. The Hall–Kier alpha value is -3.89. The number of hydrogen-bond acceptors (Lipinski definition) is 9. The van der Waals surface area contributed by atoms with Crippen LogP contribution in [0.5, 0.6) is 11.5 Å². The lowest BCUT2D eigenvalue weighted by Gasteiger charge is -2.38. The Balaban J connectivity index is 1.49. The Morgan fingerprint density at radius 1 is 0.972 bits per heavy atom. The highest BCUT2D eigenvalue weighted by Gasteiger charge is 2.60. The lowest BCUT2D eigenvalue weighted by molar-refractivity contribution is -0.132. The molecular weight excluding hydrogens is 498 g/mol. The number of thioether (sulfide) groups is 2. The number of nitrogens with zero attached hydrogens (tertiary/aromatic N) is 3. The average Bonchev–Trinajstić information content (AvgIpc) is 3.60. The van der Waals surface area contributed by atoms with Crippen LogP contribution in [0, 0.1) is 0 Å². The molecule has 180 valence electrons. The Kier molecular flexibility index (Phi) is 5.62. The summed E-state index contributed by atoms with van der Waals surface area (Å²) in [6.45, 7) is 0.171. The molecule has 3 aliphatic heterocycles. The zero-order valence-corrected chi connectivity index (χ0v) is 20.6. The first-order valence-electron chi connectivity index (χ1n) is 11.0. The van der Waals surface area contributed by atoms with E-state index in [1.165, 1.54) is 30.6 Å². The Labute approximate surface area is 215 Å². The fourth-order valence-electron chi connectivity index (χ4n) is 4.08. The second-order valence-electron chi connectivity index (χ2n) is 7.89. The third-order valence-electron chi connectivity index (χ3n) is 5.70. The van der Waals surface area contributed by atoms with Crippen molar-refractivity contribution in [1.29, 1.82) is 0 Å². The third-order valence-corrected chi connectivity index (χ3v) is 8.39.